The number of carbonyl (C=O) groups is 1. The van der Waals surface area contributed by atoms with Crippen LogP contribution in [0.25, 0.3) is 0 Å². The second-order valence-electron chi connectivity index (χ2n) is 4.77. The van der Waals surface area contributed by atoms with E-state index >= 15 is 0 Å². The molecule has 6 heteroatoms. The summed E-state index contributed by atoms with van der Waals surface area (Å²) in [5.74, 6) is 0.292. The lowest BCUT2D eigenvalue weighted by Gasteiger charge is -2.31. The minimum atomic E-state index is -0.306. The molecule has 21 heavy (non-hydrogen) atoms. The van der Waals surface area contributed by atoms with Crippen LogP contribution < -0.4 is 11.1 Å². The minimum absolute atomic E-state index is 0. The van der Waals surface area contributed by atoms with E-state index in [1.54, 1.807) is 18.2 Å². The molecule has 0 unspecified atom stereocenters. The van der Waals surface area contributed by atoms with E-state index in [2.05, 4.69) is 5.32 Å². The highest BCUT2D eigenvalue weighted by Crippen LogP contribution is 2.22. The van der Waals surface area contributed by atoms with E-state index in [0.29, 0.717) is 23.6 Å². The standard InChI is InChI=1S/C15H23FN2OS.ClH/c1-3-15(4-2,11-17)18-14(19)9-10-20-13-8-6-5-7-12(13)16;/h5-8H,3-4,9-11,17H2,1-2H3,(H,18,19);1H. The maximum absolute atomic E-state index is 13.4. The Morgan fingerprint density at radius 3 is 2.48 bits per heavy atom. The van der Waals surface area contributed by atoms with Crippen molar-refractivity contribution >= 4 is 30.1 Å². The summed E-state index contributed by atoms with van der Waals surface area (Å²) in [6.45, 7) is 4.47. The molecular formula is C15H24ClFN2OS. The molecule has 0 bridgehead atoms. The third kappa shape index (κ3) is 6.24. The first-order valence-corrected chi connectivity index (χ1v) is 7.94. The van der Waals surface area contributed by atoms with Crippen LogP contribution in [0.3, 0.4) is 0 Å². The monoisotopic (exact) mass is 334 g/mol. The zero-order valence-corrected chi connectivity index (χ0v) is 14.2. The van der Waals surface area contributed by atoms with Gasteiger partial charge in [-0.25, -0.2) is 4.39 Å². The third-order valence-corrected chi connectivity index (χ3v) is 4.62. The van der Waals surface area contributed by atoms with Gasteiger partial charge < -0.3 is 11.1 Å². The molecule has 0 heterocycles. The lowest BCUT2D eigenvalue weighted by atomic mass is 9.93. The van der Waals surface area contributed by atoms with Gasteiger partial charge in [-0.3, -0.25) is 4.79 Å². The number of thioether (sulfide) groups is 1. The first-order chi connectivity index (χ1) is 9.56. The zero-order valence-electron chi connectivity index (χ0n) is 12.5. The summed E-state index contributed by atoms with van der Waals surface area (Å²) in [6.07, 6.45) is 1.99. The maximum Gasteiger partial charge on any atom is 0.221 e. The van der Waals surface area contributed by atoms with E-state index in [-0.39, 0.29) is 29.7 Å². The fourth-order valence-corrected chi connectivity index (χ4v) is 2.83. The SMILES string of the molecule is CCC(CC)(CN)NC(=O)CCSc1ccccc1F.Cl. The van der Waals surface area contributed by atoms with Gasteiger partial charge >= 0.3 is 0 Å². The second kappa shape index (κ2) is 10.0. The van der Waals surface area contributed by atoms with E-state index in [9.17, 15) is 9.18 Å². The van der Waals surface area contributed by atoms with Crippen LogP contribution in [0.4, 0.5) is 4.39 Å². The topological polar surface area (TPSA) is 55.1 Å². The molecule has 3 N–H and O–H groups in total. The van der Waals surface area contributed by atoms with Gasteiger partial charge in [-0.1, -0.05) is 26.0 Å². The highest BCUT2D eigenvalue weighted by atomic mass is 35.5. The summed E-state index contributed by atoms with van der Waals surface area (Å²) < 4.78 is 13.4. The lowest BCUT2D eigenvalue weighted by molar-refractivity contribution is -0.122. The highest BCUT2D eigenvalue weighted by molar-refractivity contribution is 7.99. The molecule has 120 valence electrons. The Hall–Kier alpha value is -0.780. The Balaban J connectivity index is 0.00000400. The Kier molecular flexibility index (Phi) is 9.66. The number of benzene rings is 1. The predicted molar refractivity (Wildman–Crippen MR) is 89.5 cm³/mol. The summed E-state index contributed by atoms with van der Waals surface area (Å²) >= 11 is 1.36. The fourth-order valence-electron chi connectivity index (χ4n) is 1.94. The molecular weight excluding hydrogens is 311 g/mol. The molecule has 0 aromatic heterocycles. The van der Waals surface area contributed by atoms with Crippen molar-refractivity contribution in [3.05, 3.63) is 30.1 Å². The van der Waals surface area contributed by atoms with Crippen LogP contribution in [-0.4, -0.2) is 23.7 Å². The molecule has 0 spiro atoms. The van der Waals surface area contributed by atoms with Gasteiger partial charge in [0.05, 0.1) is 5.54 Å². The van der Waals surface area contributed by atoms with Crippen LogP contribution >= 0.6 is 24.2 Å². The average Bonchev–Trinajstić information content (AvgIpc) is 2.47. The number of hydrogen-bond acceptors (Lipinski definition) is 3. The predicted octanol–water partition coefficient (Wildman–Crippen LogP) is 3.36. The van der Waals surface area contributed by atoms with Gasteiger partial charge in [0.15, 0.2) is 0 Å². The first-order valence-electron chi connectivity index (χ1n) is 6.95. The largest absolute Gasteiger partial charge is 0.349 e. The maximum atomic E-state index is 13.4. The molecule has 1 rings (SSSR count). The summed E-state index contributed by atoms with van der Waals surface area (Å²) in [6, 6.07) is 6.60. The van der Waals surface area contributed by atoms with Gasteiger partial charge in [-0.15, -0.1) is 24.2 Å². The molecule has 3 nitrogen and oxygen atoms in total. The van der Waals surface area contributed by atoms with Crippen LogP contribution in [0, 0.1) is 5.82 Å². The number of rotatable bonds is 8. The molecule has 1 amide bonds. The molecule has 0 aliphatic heterocycles. The van der Waals surface area contributed by atoms with Gasteiger partial charge in [0.1, 0.15) is 5.82 Å². The smallest absolute Gasteiger partial charge is 0.221 e. The summed E-state index contributed by atoms with van der Waals surface area (Å²) in [7, 11) is 0. The third-order valence-electron chi connectivity index (χ3n) is 3.57. The van der Waals surface area contributed by atoms with E-state index in [0.717, 1.165) is 12.8 Å². The quantitative estimate of drug-likeness (QED) is 0.717. The van der Waals surface area contributed by atoms with Crippen molar-refractivity contribution < 1.29 is 9.18 Å². The average molecular weight is 335 g/mol. The summed E-state index contributed by atoms with van der Waals surface area (Å²) in [5.41, 5.74) is 5.44. The summed E-state index contributed by atoms with van der Waals surface area (Å²) in [4.78, 5) is 12.5. The number of carbonyl (C=O) groups excluding carboxylic acids is 1. The van der Waals surface area contributed by atoms with Crippen LogP contribution in [0.5, 0.6) is 0 Å². The molecule has 0 saturated carbocycles. The van der Waals surface area contributed by atoms with Crippen molar-refractivity contribution in [2.45, 2.75) is 43.5 Å². The van der Waals surface area contributed by atoms with E-state index in [4.69, 9.17) is 5.73 Å². The number of nitrogens with two attached hydrogens (primary N) is 1. The second-order valence-corrected chi connectivity index (χ2v) is 5.91. The van der Waals surface area contributed by atoms with Crippen LogP contribution in [-0.2, 0) is 4.79 Å². The van der Waals surface area contributed by atoms with E-state index < -0.39 is 0 Å². The van der Waals surface area contributed by atoms with Crippen molar-refractivity contribution in [2.75, 3.05) is 12.3 Å². The molecule has 0 saturated heterocycles. The van der Waals surface area contributed by atoms with Crippen molar-refractivity contribution in [3.8, 4) is 0 Å². The first kappa shape index (κ1) is 20.2. The van der Waals surface area contributed by atoms with Crippen molar-refractivity contribution in [2.24, 2.45) is 5.73 Å². The minimum Gasteiger partial charge on any atom is -0.349 e. The molecule has 0 radical (unpaired) electrons. The van der Waals surface area contributed by atoms with Gasteiger partial charge in [0.2, 0.25) is 5.91 Å². The van der Waals surface area contributed by atoms with Gasteiger partial charge in [0.25, 0.3) is 0 Å². The molecule has 1 aromatic carbocycles. The molecule has 0 atom stereocenters. The Bertz CT molecular complexity index is 433. The van der Waals surface area contributed by atoms with Gasteiger partial charge in [-0.2, -0.15) is 0 Å². The Morgan fingerprint density at radius 1 is 1.33 bits per heavy atom. The number of halogens is 2. The zero-order chi connectivity index (χ0) is 15.0. The van der Waals surface area contributed by atoms with Crippen LogP contribution in [0.2, 0.25) is 0 Å². The van der Waals surface area contributed by atoms with Crippen LogP contribution in [0.15, 0.2) is 29.2 Å². The van der Waals surface area contributed by atoms with Gasteiger partial charge in [-0.05, 0) is 25.0 Å². The molecule has 0 aliphatic rings. The fraction of sp³-hybridized carbons (Fsp3) is 0.533. The van der Waals surface area contributed by atoms with Crippen molar-refractivity contribution in [3.63, 3.8) is 0 Å². The van der Waals surface area contributed by atoms with E-state index in [1.165, 1.54) is 17.8 Å². The normalized spacial score (nSPS) is 10.9. The van der Waals surface area contributed by atoms with E-state index in [1.807, 2.05) is 13.8 Å². The number of amides is 1. The molecule has 0 aliphatic carbocycles. The van der Waals surface area contributed by atoms with Crippen LogP contribution in [0.1, 0.15) is 33.1 Å². The lowest BCUT2D eigenvalue weighted by Crippen LogP contribution is -2.52. The molecule has 1 aromatic rings. The Morgan fingerprint density at radius 2 is 1.95 bits per heavy atom. The molecule has 0 fully saturated rings. The Labute approximate surface area is 136 Å². The highest BCUT2D eigenvalue weighted by Gasteiger charge is 2.25. The number of hydrogen-bond donors (Lipinski definition) is 2. The summed E-state index contributed by atoms with van der Waals surface area (Å²) in [5, 5.41) is 3.01. The van der Waals surface area contributed by atoms with Crippen molar-refractivity contribution in [1.29, 1.82) is 0 Å². The number of nitrogens with one attached hydrogen (secondary N) is 1. The van der Waals surface area contributed by atoms with Gasteiger partial charge in [0, 0.05) is 23.6 Å². The van der Waals surface area contributed by atoms with Crippen molar-refractivity contribution in [1.82, 2.24) is 5.32 Å².